The Bertz CT molecular complexity index is 1020. The minimum Gasteiger partial charge on any atom is -0.340 e. The lowest BCUT2D eigenvalue weighted by Crippen LogP contribution is -2.62. The van der Waals surface area contributed by atoms with Crippen LogP contribution in [0.2, 0.25) is 5.28 Å². The summed E-state index contributed by atoms with van der Waals surface area (Å²) in [5.41, 5.74) is 0.324. The zero-order chi connectivity index (χ0) is 21.9. The van der Waals surface area contributed by atoms with Gasteiger partial charge in [-0.15, -0.1) is 5.10 Å². The quantitative estimate of drug-likeness (QED) is 0.702. The largest absolute Gasteiger partial charge is 0.340 e. The molecule has 4 aliphatic carbocycles. The van der Waals surface area contributed by atoms with Gasteiger partial charge in [0.15, 0.2) is 0 Å². The predicted octanol–water partition coefficient (Wildman–Crippen LogP) is 3.71. The van der Waals surface area contributed by atoms with Gasteiger partial charge >= 0.3 is 0 Å². The van der Waals surface area contributed by atoms with Gasteiger partial charge in [0, 0.05) is 38.3 Å². The molecule has 2 atom stereocenters. The summed E-state index contributed by atoms with van der Waals surface area (Å²) in [5.74, 6) is 1.32. The summed E-state index contributed by atoms with van der Waals surface area (Å²) < 4.78 is 16.0. The second-order valence-electron chi connectivity index (χ2n) is 10.6. The van der Waals surface area contributed by atoms with Gasteiger partial charge in [-0.25, -0.2) is 14.1 Å². The molecule has 32 heavy (non-hydrogen) atoms. The number of aromatic nitrogens is 3. The van der Waals surface area contributed by atoms with Crippen LogP contribution in [0.3, 0.4) is 0 Å². The fourth-order valence-corrected chi connectivity index (χ4v) is 7.64. The van der Waals surface area contributed by atoms with Gasteiger partial charge in [-0.1, -0.05) is 18.2 Å². The molecule has 7 rings (SSSR count). The summed E-state index contributed by atoms with van der Waals surface area (Å²) in [6.07, 6.45) is 8.00. The maximum absolute atomic E-state index is 14.0. The fraction of sp³-hybridized carbons (Fsp3) is 0.625. The lowest BCUT2D eigenvalue weighted by Gasteiger charge is -2.61. The van der Waals surface area contributed by atoms with E-state index in [1.807, 2.05) is 16.8 Å². The molecular weight excluding hydrogens is 429 g/mol. The third kappa shape index (κ3) is 3.36. The fourth-order valence-electron chi connectivity index (χ4n) is 7.52. The minimum atomic E-state index is -0.282. The van der Waals surface area contributed by atoms with Gasteiger partial charge in [-0.05, 0) is 68.0 Å². The number of amides is 1. The Morgan fingerprint density at radius 2 is 1.81 bits per heavy atom. The molecule has 1 aromatic heterocycles. The maximum Gasteiger partial charge on any atom is 0.242 e. The summed E-state index contributed by atoms with van der Waals surface area (Å²) in [4.78, 5) is 22.4. The van der Waals surface area contributed by atoms with Crippen molar-refractivity contribution in [2.45, 2.75) is 50.6 Å². The second-order valence-corrected chi connectivity index (χ2v) is 10.9. The van der Waals surface area contributed by atoms with E-state index in [2.05, 4.69) is 19.9 Å². The first-order valence-corrected chi connectivity index (χ1v) is 12.2. The summed E-state index contributed by atoms with van der Waals surface area (Å²) >= 11 is 6.05. The van der Waals surface area contributed by atoms with Crippen LogP contribution in [-0.4, -0.2) is 56.7 Å². The summed E-state index contributed by atoms with van der Waals surface area (Å²) in [7, 11) is 0. The smallest absolute Gasteiger partial charge is 0.242 e. The molecule has 6 nitrogen and oxygen atoms in total. The predicted molar refractivity (Wildman–Crippen MR) is 118 cm³/mol. The van der Waals surface area contributed by atoms with Gasteiger partial charge in [-0.3, -0.25) is 9.69 Å². The van der Waals surface area contributed by atoms with Crippen LogP contribution in [0, 0.1) is 23.1 Å². The van der Waals surface area contributed by atoms with Crippen molar-refractivity contribution in [2.75, 3.05) is 26.2 Å². The Morgan fingerprint density at radius 3 is 2.47 bits per heavy atom. The first kappa shape index (κ1) is 20.6. The highest BCUT2D eigenvalue weighted by atomic mass is 35.5. The number of nitrogens with zero attached hydrogens (tertiary/aromatic N) is 5. The topological polar surface area (TPSA) is 54.3 Å². The maximum atomic E-state index is 14.0. The molecule has 5 aliphatic rings. The van der Waals surface area contributed by atoms with E-state index in [-0.39, 0.29) is 22.1 Å². The molecule has 170 valence electrons. The van der Waals surface area contributed by atoms with Crippen LogP contribution >= 0.6 is 11.6 Å². The Kier molecular flexibility index (Phi) is 4.84. The minimum absolute atomic E-state index is 0.119. The number of piperazine rings is 1. The van der Waals surface area contributed by atoms with Crippen LogP contribution in [0.25, 0.3) is 0 Å². The van der Waals surface area contributed by atoms with Crippen molar-refractivity contribution in [3.63, 3.8) is 0 Å². The normalized spacial score (nSPS) is 34.2. The number of hydrogen-bond acceptors (Lipinski definition) is 4. The Hall–Kier alpha value is -1.99. The lowest BCUT2D eigenvalue weighted by atomic mass is 9.46. The summed E-state index contributed by atoms with van der Waals surface area (Å²) in [6.45, 7) is 3.60. The van der Waals surface area contributed by atoms with Crippen LogP contribution in [0.4, 0.5) is 4.39 Å². The zero-order valence-corrected chi connectivity index (χ0v) is 19.0. The standard InChI is InChI=1S/C24H29ClFN5O/c25-22-27-16-31(28-22)24-12-17-9-18(13-24)11-23(10-17,15-24)21(32)30-7-5-29(6-8-30)14-19-3-1-2-4-20(19)26/h1-4,16-18H,5-15H2. The van der Waals surface area contributed by atoms with Gasteiger partial charge in [0.2, 0.25) is 11.2 Å². The van der Waals surface area contributed by atoms with E-state index in [4.69, 9.17) is 11.6 Å². The highest BCUT2D eigenvalue weighted by Gasteiger charge is 2.62. The van der Waals surface area contributed by atoms with E-state index in [9.17, 15) is 9.18 Å². The molecule has 5 fully saturated rings. The van der Waals surface area contributed by atoms with Gasteiger partial charge in [-0.2, -0.15) is 0 Å². The van der Waals surface area contributed by atoms with E-state index in [1.54, 1.807) is 12.4 Å². The third-order valence-electron chi connectivity index (χ3n) is 8.45. The van der Waals surface area contributed by atoms with Crippen molar-refractivity contribution in [3.05, 3.63) is 47.3 Å². The van der Waals surface area contributed by atoms with E-state index < -0.39 is 0 Å². The van der Waals surface area contributed by atoms with Gasteiger partial charge in [0.05, 0.1) is 11.0 Å². The van der Waals surface area contributed by atoms with Crippen LogP contribution in [0.1, 0.15) is 44.1 Å². The molecule has 4 bridgehead atoms. The van der Waals surface area contributed by atoms with E-state index in [0.717, 1.165) is 50.8 Å². The number of hydrogen-bond donors (Lipinski definition) is 0. The van der Waals surface area contributed by atoms with Gasteiger partial charge in [0.25, 0.3) is 0 Å². The molecule has 2 aromatic rings. The molecule has 1 aromatic carbocycles. The van der Waals surface area contributed by atoms with E-state index >= 15 is 0 Å². The lowest BCUT2D eigenvalue weighted by molar-refractivity contribution is -0.168. The average Bonchev–Trinajstić information content (AvgIpc) is 3.22. The first-order chi connectivity index (χ1) is 15.4. The van der Waals surface area contributed by atoms with Crippen LogP contribution < -0.4 is 0 Å². The number of benzene rings is 1. The van der Waals surface area contributed by atoms with Crippen molar-refractivity contribution in [2.24, 2.45) is 17.3 Å². The number of rotatable bonds is 4. The van der Waals surface area contributed by atoms with E-state index in [0.29, 0.717) is 37.4 Å². The van der Waals surface area contributed by atoms with Gasteiger partial charge in [0.1, 0.15) is 12.1 Å². The molecule has 1 amide bonds. The van der Waals surface area contributed by atoms with Crippen molar-refractivity contribution in [3.8, 4) is 0 Å². The van der Waals surface area contributed by atoms with E-state index in [1.165, 1.54) is 12.5 Å². The SMILES string of the molecule is O=C(N1CCN(Cc2ccccc2F)CC1)C12CC3CC(C1)CC(n1cnc(Cl)n1)(C3)C2. The highest BCUT2D eigenvalue weighted by Crippen LogP contribution is 2.64. The number of carbonyl (C=O) groups is 1. The monoisotopic (exact) mass is 457 g/mol. The van der Waals surface area contributed by atoms with Crippen molar-refractivity contribution < 1.29 is 9.18 Å². The Labute approximate surface area is 192 Å². The molecule has 1 aliphatic heterocycles. The van der Waals surface area contributed by atoms with Gasteiger partial charge < -0.3 is 4.90 Å². The second kappa shape index (κ2) is 7.52. The molecule has 8 heteroatoms. The first-order valence-electron chi connectivity index (χ1n) is 11.8. The summed E-state index contributed by atoms with van der Waals surface area (Å²) in [6, 6.07) is 6.96. The van der Waals surface area contributed by atoms with Crippen molar-refractivity contribution >= 4 is 17.5 Å². The van der Waals surface area contributed by atoms with Crippen LogP contribution in [-0.2, 0) is 16.9 Å². The van der Waals surface area contributed by atoms with Crippen LogP contribution in [0.15, 0.2) is 30.6 Å². The average molecular weight is 458 g/mol. The Balaban J connectivity index is 1.17. The molecule has 0 spiro atoms. The molecule has 2 heterocycles. The number of carbonyl (C=O) groups excluding carboxylic acids is 1. The zero-order valence-electron chi connectivity index (χ0n) is 18.2. The van der Waals surface area contributed by atoms with Crippen LogP contribution in [0.5, 0.6) is 0 Å². The van der Waals surface area contributed by atoms with Crippen molar-refractivity contribution in [1.82, 2.24) is 24.6 Å². The molecule has 2 unspecified atom stereocenters. The summed E-state index contributed by atoms with van der Waals surface area (Å²) in [5, 5.41) is 4.75. The molecule has 4 saturated carbocycles. The molecule has 0 radical (unpaired) electrons. The highest BCUT2D eigenvalue weighted by molar-refractivity contribution is 6.28. The Morgan fingerprint density at radius 1 is 1.09 bits per heavy atom. The third-order valence-corrected chi connectivity index (χ3v) is 8.62. The number of halogens is 2. The molecule has 1 saturated heterocycles. The van der Waals surface area contributed by atoms with Crippen molar-refractivity contribution in [1.29, 1.82) is 0 Å². The molecular formula is C24H29ClFN5O. The molecule has 0 N–H and O–H groups in total.